The Labute approximate surface area is 194 Å². The SMILES string of the molecule is N[C@@H](CC(=O)N1CCCN(S(=O)(=O)c2ccc(C(=O)O)cc2)CC1)Cc1cc(F)c(F)cc1F. The highest BCUT2D eigenvalue weighted by Gasteiger charge is 2.29. The first-order chi connectivity index (χ1) is 16.0. The first-order valence-corrected chi connectivity index (χ1v) is 11.9. The van der Waals surface area contributed by atoms with Crippen LogP contribution in [0.1, 0.15) is 28.8 Å². The highest BCUT2D eigenvalue weighted by molar-refractivity contribution is 7.89. The van der Waals surface area contributed by atoms with Crippen LogP contribution in [0.2, 0.25) is 0 Å². The lowest BCUT2D eigenvalue weighted by atomic mass is 10.0. The molecule has 12 heteroatoms. The molecule has 1 heterocycles. The molecule has 0 bridgehead atoms. The molecule has 8 nitrogen and oxygen atoms in total. The lowest BCUT2D eigenvalue weighted by Gasteiger charge is -2.23. The van der Waals surface area contributed by atoms with Gasteiger partial charge in [-0.2, -0.15) is 4.31 Å². The zero-order chi connectivity index (χ0) is 25.0. The number of hydrogen-bond donors (Lipinski definition) is 2. The van der Waals surface area contributed by atoms with Gasteiger partial charge in [0.15, 0.2) is 11.6 Å². The van der Waals surface area contributed by atoms with E-state index in [2.05, 4.69) is 0 Å². The van der Waals surface area contributed by atoms with Crippen LogP contribution in [0.25, 0.3) is 0 Å². The van der Waals surface area contributed by atoms with E-state index in [1.165, 1.54) is 33.5 Å². The van der Waals surface area contributed by atoms with Crippen molar-refractivity contribution in [3.05, 3.63) is 65.0 Å². The highest BCUT2D eigenvalue weighted by Crippen LogP contribution is 2.20. The van der Waals surface area contributed by atoms with Crippen molar-refractivity contribution >= 4 is 21.9 Å². The van der Waals surface area contributed by atoms with Gasteiger partial charge >= 0.3 is 5.97 Å². The molecule has 3 N–H and O–H groups in total. The standard InChI is InChI=1S/C22H24F3N3O5S/c23-18-13-20(25)19(24)11-15(18)10-16(26)12-21(29)27-6-1-7-28(9-8-27)34(32,33)17-4-2-14(3-5-17)22(30)31/h2-5,11,13,16H,1,6-10,12,26H2,(H,30,31)/t16-/m1/s1. The van der Waals surface area contributed by atoms with Gasteiger partial charge in [-0.15, -0.1) is 0 Å². The van der Waals surface area contributed by atoms with Gasteiger partial charge in [-0.25, -0.2) is 26.4 Å². The van der Waals surface area contributed by atoms with Gasteiger partial charge in [-0.3, -0.25) is 4.79 Å². The minimum atomic E-state index is -3.88. The maximum atomic E-state index is 13.8. The van der Waals surface area contributed by atoms with Crippen LogP contribution in [-0.2, 0) is 21.2 Å². The predicted molar refractivity (Wildman–Crippen MR) is 116 cm³/mol. The third-order valence-corrected chi connectivity index (χ3v) is 7.47. The number of sulfonamides is 1. The molecule has 1 saturated heterocycles. The van der Waals surface area contributed by atoms with Crippen LogP contribution >= 0.6 is 0 Å². The molecular formula is C22H24F3N3O5S. The van der Waals surface area contributed by atoms with Crippen molar-refractivity contribution in [1.29, 1.82) is 0 Å². The van der Waals surface area contributed by atoms with Gasteiger partial charge in [-0.05, 0) is 48.7 Å². The molecule has 0 radical (unpaired) electrons. The molecule has 2 aromatic rings. The third-order valence-electron chi connectivity index (χ3n) is 5.55. The van der Waals surface area contributed by atoms with E-state index in [-0.39, 0.29) is 61.0 Å². The number of benzene rings is 2. The lowest BCUT2D eigenvalue weighted by molar-refractivity contribution is -0.131. The number of nitrogens with zero attached hydrogens (tertiary/aromatic N) is 2. The van der Waals surface area contributed by atoms with E-state index in [4.69, 9.17) is 10.8 Å². The fourth-order valence-corrected chi connectivity index (χ4v) is 5.20. The Hall–Kier alpha value is -2.96. The number of aromatic carboxylic acids is 1. The minimum Gasteiger partial charge on any atom is -0.478 e. The Bertz CT molecular complexity index is 1180. The summed E-state index contributed by atoms with van der Waals surface area (Å²) in [6.45, 7) is 0.591. The van der Waals surface area contributed by atoms with Crippen LogP contribution in [0.15, 0.2) is 41.3 Å². The Kier molecular flexibility index (Phi) is 7.95. The molecule has 0 saturated carbocycles. The first-order valence-electron chi connectivity index (χ1n) is 10.5. The van der Waals surface area contributed by atoms with Gasteiger partial charge in [-0.1, -0.05) is 0 Å². The molecule has 3 rings (SSSR count). The third kappa shape index (κ3) is 5.93. The molecule has 2 aromatic carbocycles. The number of nitrogens with two attached hydrogens (primary N) is 1. The second-order valence-electron chi connectivity index (χ2n) is 7.99. The molecule has 1 aliphatic heterocycles. The van der Waals surface area contributed by atoms with Crippen LogP contribution in [0.5, 0.6) is 0 Å². The van der Waals surface area contributed by atoms with E-state index in [1.807, 2.05) is 0 Å². The largest absolute Gasteiger partial charge is 0.478 e. The monoisotopic (exact) mass is 499 g/mol. The summed E-state index contributed by atoms with van der Waals surface area (Å²) < 4.78 is 67.4. The van der Waals surface area contributed by atoms with Crippen molar-refractivity contribution in [2.45, 2.75) is 30.2 Å². The quantitative estimate of drug-likeness (QED) is 0.562. The maximum absolute atomic E-state index is 13.8. The summed E-state index contributed by atoms with van der Waals surface area (Å²) in [6.07, 6.45) is 0.0164. The topological polar surface area (TPSA) is 121 Å². The average molecular weight is 500 g/mol. The van der Waals surface area contributed by atoms with Crippen molar-refractivity contribution in [3.63, 3.8) is 0 Å². The molecule has 1 atom stereocenters. The summed E-state index contributed by atoms with van der Waals surface area (Å²) in [5.74, 6) is -5.00. The van der Waals surface area contributed by atoms with Crippen molar-refractivity contribution < 1.29 is 36.3 Å². The van der Waals surface area contributed by atoms with Crippen LogP contribution in [0, 0.1) is 17.5 Å². The molecule has 34 heavy (non-hydrogen) atoms. The van der Waals surface area contributed by atoms with Crippen molar-refractivity contribution in [3.8, 4) is 0 Å². The van der Waals surface area contributed by atoms with E-state index >= 15 is 0 Å². The Balaban J connectivity index is 1.60. The number of hydrogen-bond acceptors (Lipinski definition) is 5. The van der Waals surface area contributed by atoms with E-state index in [1.54, 1.807) is 0 Å². The molecule has 184 valence electrons. The number of carbonyl (C=O) groups excluding carboxylic acids is 1. The minimum absolute atomic E-state index is 0.0296. The van der Waals surface area contributed by atoms with Crippen LogP contribution in [0.4, 0.5) is 13.2 Å². The number of amides is 1. The molecule has 1 amide bonds. The lowest BCUT2D eigenvalue weighted by Crippen LogP contribution is -2.40. The number of carbonyl (C=O) groups is 2. The zero-order valence-corrected chi connectivity index (χ0v) is 18.9. The molecule has 0 aliphatic carbocycles. The summed E-state index contributed by atoms with van der Waals surface area (Å²) in [4.78, 5) is 25.1. The van der Waals surface area contributed by atoms with Gasteiger partial charge < -0.3 is 15.7 Å². The number of halogens is 3. The van der Waals surface area contributed by atoms with Gasteiger partial charge in [0.05, 0.1) is 10.5 Å². The predicted octanol–water partition coefficient (Wildman–Crippen LogP) is 1.99. The van der Waals surface area contributed by atoms with E-state index in [0.29, 0.717) is 18.6 Å². The molecular weight excluding hydrogens is 475 g/mol. The number of rotatable bonds is 7. The smallest absolute Gasteiger partial charge is 0.335 e. The normalized spacial score (nSPS) is 16.2. The Morgan fingerprint density at radius 2 is 1.62 bits per heavy atom. The molecule has 0 unspecified atom stereocenters. The molecule has 0 spiro atoms. The van der Waals surface area contributed by atoms with E-state index < -0.39 is 39.5 Å². The summed E-state index contributed by atoms with van der Waals surface area (Å²) in [6, 6.07) is 5.17. The number of carboxylic acids is 1. The second-order valence-corrected chi connectivity index (χ2v) is 9.93. The fraction of sp³-hybridized carbons (Fsp3) is 0.364. The average Bonchev–Trinajstić information content (AvgIpc) is 3.04. The Morgan fingerprint density at radius 3 is 2.26 bits per heavy atom. The summed E-state index contributed by atoms with van der Waals surface area (Å²) in [7, 11) is -3.88. The van der Waals surface area contributed by atoms with Crippen LogP contribution in [0.3, 0.4) is 0 Å². The number of carboxylic acid groups (broad SMARTS) is 1. The zero-order valence-electron chi connectivity index (χ0n) is 18.1. The van der Waals surface area contributed by atoms with Gasteiger partial charge in [0.1, 0.15) is 5.82 Å². The van der Waals surface area contributed by atoms with Crippen molar-refractivity contribution in [2.75, 3.05) is 26.2 Å². The summed E-state index contributed by atoms with van der Waals surface area (Å²) in [5, 5.41) is 8.97. The maximum Gasteiger partial charge on any atom is 0.335 e. The van der Waals surface area contributed by atoms with Crippen LogP contribution in [-0.4, -0.2) is 66.8 Å². The first kappa shape index (κ1) is 25.7. The van der Waals surface area contributed by atoms with E-state index in [9.17, 15) is 31.2 Å². The van der Waals surface area contributed by atoms with Crippen LogP contribution < -0.4 is 5.73 Å². The molecule has 1 fully saturated rings. The molecule has 0 aromatic heterocycles. The summed E-state index contributed by atoms with van der Waals surface area (Å²) >= 11 is 0. The van der Waals surface area contributed by atoms with Crippen molar-refractivity contribution in [2.24, 2.45) is 5.73 Å². The van der Waals surface area contributed by atoms with Gasteiger partial charge in [0.2, 0.25) is 15.9 Å². The molecule has 1 aliphatic rings. The van der Waals surface area contributed by atoms with Crippen molar-refractivity contribution in [1.82, 2.24) is 9.21 Å². The highest BCUT2D eigenvalue weighted by atomic mass is 32.2. The Morgan fingerprint density at radius 1 is 0.971 bits per heavy atom. The van der Waals surface area contributed by atoms with Gasteiger partial charge in [0, 0.05) is 44.7 Å². The fourth-order valence-electron chi connectivity index (χ4n) is 3.73. The van der Waals surface area contributed by atoms with Gasteiger partial charge in [0.25, 0.3) is 0 Å². The second kappa shape index (κ2) is 10.5. The van der Waals surface area contributed by atoms with E-state index in [0.717, 1.165) is 0 Å². The summed E-state index contributed by atoms with van der Waals surface area (Å²) in [5.41, 5.74) is 5.76.